The monoisotopic (exact) mass is 595 g/mol. The average molecular weight is 596 g/mol. The molecule has 0 bridgehead atoms. The Bertz CT molecular complexity index is 1580. The molecule has 6 rings (SSSR count). The van der Waals surface area contributed by atoms with Crippen molar-refractivity contribution in [3.05, 3.63) is 87.0 Å². The van der Waals surface area contributed by atoms with Gasteiger partial charge in [0, 0.05) is 6.42 Å². The number of thioether (sulfide) groups is 1. The molecular formula is C28H25N3O4S4. The van der Waals surface area contributed by atoms with Gasteiger partial charge in [-0.2, -0.15) is 5.10 Å². The topological polar surface area (TPSA) is 79.3 Å². The van der Waals surface area contributed by atoms with Crippen LogP contribution in [0, 0.1) is 0 Å². The fourth-order valence-electron chi connectivity index (χ4n) is 5.07. The minimum Gasteiger partial charge on any atom is -0.497 e. The lowest BCUT2D eigenvalue weighted by Crippen LogP contribution is -2.39. The van der Waals surface area contributed by atoms with Crippen LogP contribution in [0.2, 0.25) is 0 Å². The van der Waals surface area contributed by atoms with Crippen molar-refractivity contribution in [3.63, 3.8) is 0 Å². The molecule has 7 nitrogen and oxygen atoms in total. The van der Waals surface area contributed by atoms with Crippen molar-refractivity contribution < 1.29 is 17.9 Å². The Morgan fingerprint density at radius 1 is 1.10 bits per heavy atom. The Hall–Kier alpha value is -2.99. The Morgan fingerprint density at radius 3 is 2.51 bits per heavy atom. The highest BCUT2D eigenvalue weighted by Gasteiger charge is 2.42. The van der Waals surface area contributed by atoms with E-state index in [1.807, 2.05) is 48.5 Å². The predicted molar refractivity (Wildman–Crippen MR) is 162 cm³/mol. The summed E-state index contributed by atoms with van der Waals surface area (Å²) in [4.78, 5) is 16.3. The van der Waals surface area contributed by atoms with Crippen molar-refractivity contribution >= 4 is 72.9 Å². The van der Waals surface area contributed by atoms with Gasteiger partial charge in [0.2, 0.25) is 0 Å². The second-order valence-corrected chi connectivity index (χ2v) is 14.4. The van der Waals surface area contributed by atoms with Gasteiger partial charge in [0.15, 0.2) is 9.84 Å². The number of hydrogen-bond donors (Lipinski definition) is 0. The van der Waals surface area contributed by atoms with Crippen LogP contribution in [0.4, 0.5) is 5.69 Å². The third-order valence-electron chi connectivity index (χ3n) is 7.07. The lowest BCUT2D eigenvalue weighted by molar-refractivity contribution is -0.123. The molecule has 1 aromatic heterocycles. The third kappa shape index (κ3) is 5.28. The zero-order valence-corrected chi connectivity index (χ0v) is 24.3. The van der Waals surface area contributed by atoms with E-state index >= 15 is 0 Å². The molecule has 2 aromatic carbocycles. The van der Waals surface area contributed by atoms with Crippen molar-refractivity contribution in [1.29, 1.82) is 0 Å². The number of ether oxygens (including phenoxy) is 1. The van der Waals surface area contributed by atoms with E-state index in [-0.39, 0.29) is 29.5 Å². The van der Waals surface area contributed by atoms with E-state index in [4.69, 9.17) is 22.1 Å². The summed E-state index contributed by atoms with van der Waals surface area (Å²) in [5.41, 5.74) is 4.00. The summed E-state index contributed by atoms with van der Waals surface area (Å²) in [6.07, 6.45) is 3.03. The second kappa shape index (κ2) is 10.5. The summed E-state index contributed by atoms with van der Waals surface area (Å²) in [5.74, 6) is 0.660. The minimum atomic E-state index is -3.12. The zero-order valence-electron chi connectivity index (χ0n) is 21.0. The first kappa shape index (κ1) is 26.2. The molecule has 2 saturated heterocycles. The second-order valence-electron chi connectivity index (χ2n) is 9.56. The third-order valence-corrected chi connectivity index (χ3v) is 11.1. The number of rotatable bonds is 6. The van der Waals surface area contributed by atoms with Crippen molar-refractivity contribution in [3.8, 4) is 5.75 Å². The van der Waals surface area contributed by atoms with E-state index < -0.39 is 9.84 Å². The number of thiophene rings is 1. The first-order chi connectivity index (χ1) is 18.8. The molecule has 0 saturated carbocycles. The number of amides is 1. The molecule has 200 valence electrons. The lowest BCUT2D eigenvalue weighted by Gasteiger charge is -2.24. The maximum absolute atomic E-state index is 13.1. The minimum absolute atomic E-state index is 0.0272. The molecule has 0 N–H and O–H groups in total. The van der Waals surface area contributed by atoms with Gasteiger partial charge in [-0.1, -0.05) is 54.3 Å². The zero-order chi connectivity index (χ0) is 27.1. The van der Waals surface area contributed by atoms with Crippen LogP contribution >= 0.6 is 35.3 Å². The van der Waals surface area contributed by atoms with Crippen LogP contribution in [-0.4, -0.2) is 53.9 Å². The van der Waals surface area contributed by atoms with Gasteiger partial charge in [0.05, 0.1) is 51.9 Å². The Morgan fingerprint density at radius 2 is 1.87 bits per heavy atom. The molecule has 39 heavy (non-hydrogen) atoms. The normalized spacial score (nSPS) is 23.6. The Labute approximate surface area is 241 Å². The van der Waals surface area contributed by atoms with E-state index in [9.17, 15) is 13.2 Å². The quantitative estimate of drug-likeness (QED) is 0.275. The van der Waals surface area contributed by atoms with Gasteiger partial charge in [-0.25, -0.2) is 8.42 Å². The molecule has 11 heteroatoms. The molecule has 0 radical (unpaired) electrons. The standard InChI is InChI=1S/C28H25N3O4S4/c1-35-22-10-6-19(7-11-22)24-16-23(25-3-2-13-37-25)29-31(24)20-8-4-18(5-9-20)15-26-27(32)30(28(36)38-26)21-12-14-39(33,34)17-21/h2-11,13,15,21,24H,12,14,16-17H2,1H3/b26-15-/t21-,24+/m1/s1. The Kier molecular flexibility index (Phi) is 7.09. The highest BCUT2D eigenvalue weighted by molar-refractivity contribution is 8.26. The molecule has 1 amide bonds. The van der Waals surface area contributed by atoms with Crippen LogP contribution < -0.4 is 9.75 Å². The first-order valence-corrected chi connectivity index (χ1v) is 16.4. The summed E-state index contributed by atoms with van der Waals surface area (Å²) in [6, 6.07) is 19.8. The summed E-state index contributed by atoms with van der Waals surface area (Å²) in [6.45, 7) is 0. The number of benzene rings is 2. The van der Waals surface area contributed by atoms with Crippen molar-refractivity contribution in [2.45, 2.75) is 24.9 Å². The molecule has 2 atom stereocenters. The number of nitrogens with zero attached hydrogens (tertiary/aromatic N) is 3. The van der Waals surface area contributed by atoms with Crippen LogP contribution in [0.5, 0.6) is 5.75 Å². The SMILES string of the molecule is COc1ccc([C@@H]2CC(c3cccs3)=NN2c2ccc(/C=C3\SC(=S)N([C@@H]4CCS(=O)(=O)C4)C3=O)cc2)cc1. The Balaban J connectivity index is 1.25. The molecular weight excluding hydrogens is 571 g/mol. The maximum atomic E-state index is 13.1. The van der Waals surface area contributed by atoms with Crippen LogP contribution in [0.1, 0.15) is 34.9 Å². The molecule has 0 aliphatic carbocycles. The molecule has 3 aliphatic heterocycles. The summed E-state index contributed by atoms with van der Waals surface area (Å²) in [5, 5.41) is 9.12. The molecule has 0 spiro atoms. The van der Waals surface area contributed by atoms with E-state index in [0.717, 1.165) is 39.6 Å². The smallest absolute Gasteiger partial charge is 0.266 e. The molecule has 3 aromatic rings. The van der Waals surface area contributed by atoms with Gasteiger partial charge >= 0.3 is 0 Å². The van der Waals surface area contributed by atoms with Crippen LogP contribution in [-0.2, 0) is 14.6 Å². The first-order valence-electron chi connectivity index (χ1n) is 12.4. The fourth-order valence-corrected chi connectivity index (χ4v) is 8.90. The van der Waals surface area contributed by atoms with Gasteiger partial charge < -0.3 is 4.74 Å². The summed E-state index contributed by atoms with van der Waals surface area (Å²) >= 11 is 8.35. The van der Waals surface area contributed by atoms with Crippen molar-refractivity contribution in [2.24, 2.45) is 5.10 Å². The van der Waals surface area contributed by atoms with E-state index in [2.05, 4.69) is 28.6 Å². The highest BCUT2D eigenvalue weighted by atomic mass is 32.2. The largest absolute Gasteiger partial charge is 0.497 e. The van der Waals surface area contributed by atoms with Crippen LogP contribution in [0.15, 0.2) is 76.1 Å². The lowest BCUT2D eigenvalue weighted by atomic mass is 10.0. The molecule has 3 aliphatic rings. The number of hydrogen-bond acceptors (Lipinski definition) is 9. The highest BCUT2D eigenvalue weighted by Crippen LogP contribution is 2.39. The summed E-state index contributed by atoms with van der Waals surface area (Å²) < 4.78 is 29.6. The van der Waals surface area contributed by atoms with Crippen LogP contribution in [0.3, 0.4) is 0 Å². The van der Waals surface area contributed by atoms with Gasteiger partial charge in [0.25, 0.3) is 5.91 Å². The summed E-state index contributed by atoms with van der Waals surface area (Å²) in [7, 11) is -1.46. The molecule has 2 fully saturated rings. The number of thiocarbonyl (C=S) groups is 1. The predicted octanol–water partition coefficient (Wildman–Crippen LogP) is 5.50. The number of methoxy groups -OCH3 is 1. The molecule has 0 unspecified atom stereocenters. The van der Waals surface area contributed by atoms with Crippen molar-refractivity contribution in [1.82, 2.24) is 4.90 Å². The van der Waals surface area contributed by atoms with E-state index in [1.54, 1.807) is 18.4 Å². The number of sulfone groups is 1. The van der Waals surface area contributed by atoms with Gasteiger partial charge in [-0.05, 0) is 59.3 Å². The van der Waals surface area contributed by atoms with Crippen molar-refractivity contribution in [2.75, 3.05) is 23.6 Å². The number of carbonyl (C=O) groups is 1. The average Bonchev–Trinajstić information content (AvgIpc) is 3.72. The number of anilines is 1. The van der Waals surface area contributed by atoms with E-state index in [1.165, 1.54) is 16.7 Å². The number of hydrazone groups is 1. The fraction of sp³-hybridized carbons (Fsp3) is 0.250. The van der Waals surface area contributed by atoms with Gasteiger partial charge in [-0.3, -0.25) is 14.7 Å². The van der Waals surface area contributed by atoms with Gasteiger partial charge in [0.1, 0.15) is 10.1 Å². The maximum Gasteiger partial charge on any atom is 0.266 e. The molecule has 4 heterocycles. The van der Waals surface area contributed by atoms with E-state index in [0.29, 0.717) is 15.6 Å². The van der Waals surface area contributed by atoms with Crippen LogP contribution in [0.25, 0.3) is 6.08 Å². The number of carbonyl (C=O) groups excluding carboxylic acids is 1. The van der Waals surface area contributed by atoms with Gasteiger partial charge in [-0.15, -0.1) is 11.3 Å².